The second-order valence-electron chi connectivity index (χ2n) is 8.60. The number of hydrogen-bond donors (Lipinski definition) is 2. The van der Waals surface area contributed by atoms with E-state index in [0.29, 0.717) is 31.1 Å². The Bertz CT molecular complexity index is 877. The maximum absolute atomic E-state index is 6.33. The van der Waals surface area contributed by atoms with Crippen LogP contribution >= 0.6 is 0 Å². The monoisotopic (exact) mass is 410 g/mol. The van der Waals surface area contributed by atoms with Crippen LogP contribution < -0.4 is 24.8 Å². The van der Waals surface area contributed by atoms with Crippen molar-refractivity contribution < 1.29 is 14.2 Å². The van der Waals surface area contributed by atoms with Crippen molar-refractivity contribution in [3.05, 3.63) is 24.4 Å². The molecule has 160 valence electrons. The lowest BCUT2D eigenvalue weighted by Gasteiger charge is -2.27. The molecule has 5 rings (SSSR count). The fourth-order valence-corrected chi connectivity index (χ4v) is 4.41. The first-order valence-electron chi connectivity index (χ1n) is 11.2. The SMILES string of the molecule is C[C@H]1CC[C@@H](Nc2ncc(-c3ccc4c(c3)OCCO4)c(OC3CCNC3)n2)CC1. The van der Waals surface area contributed by atoms with Gasteiger partial charge >= 0.3 is 0 Å². The van der Waals surface area contributed by atoms with Gasteiger partial charge in [0.1, 0.15) is 19.3 Å². The summed E-state index contributed by atoms with van der Waals surface area (Å²) in [6.45, 7) is 5.29. The molecule has 3 heterocycles. The van der Waals surface area contributed by atoms with Crippen molar-refractivity contribution in [2.75, 3.05) is 31.6 Å². The second-order valence-corrected chi connectivity index (χ2v) is 8.60. The minimum Gasteiger partial charge on any atom is -0.486 e. The van der Waals surface area contributed by atoms with Crippen LogP contribution in [0.25, 0.3) is 11.1 Å². The number of aromatic nitrogens is 2. The lowest BCUT2D eigenvalue weighted by atomic mass is 9.87. The molecule has 2 aliphatic heterocycles. The molecule has 7 heteroatoms. The van der Waals surface area contributed by atoms with Crippen LogP contribution in [0.4, 0.5) is 5.95 Å². The van der Waals surface area contributed by atoms with Crippen LogP contribution in [0.5, 0.6) is 17.4 Å². The Morgan fingerprint density at radius 3 is 2.70 bits per heavy atom. The number of benzene rings is 1. The molecule has 0 spiro atoms. The Balaban J connectivity index is 1.42. The van der Waals surface area contributed by atoms with Crippen molar-refractivity contribution in [2.45, 2.75) is 51.2 Å². The molecule has 30 heavy (non-hydrogen) atoms. The number of anilines is 1. The zero-order valence-corrected chi connectivity index (χ0v) is 17.5. The van der Waals surface area contributed by atoms with E-state index in [0.717, 1.165) is 60.9 Å². The van der Waals surface area contributed by atoms with Crippen molar-refractivity contribution >= 4 is 5.95 Å². The largest absolute Gasteiger partial charge is 0.486 e. The van der Waals surface area contributed by atoms with Gasteiger partial charge in [-0.15, -0.1) is 0 Å². The third-order valence-corrected chi connectivity index (χ3v) is 6.25. The summed E-state index contributed by atoms with van der Waals surface area (Å²) in [6.07, 6.45) is 7.81. The Hall–Kier alpha value is -2.54. The quantitative estimate of drug-likeness (QED) is 0.779. The van der Waals surface area contributed by atoms with E-state index in [4.69, 9.17) is 19.2 Å². The minimum absolute atomic E-state index is 0.124. The predicted octanol–water partition coefficient (Wildman–Crippen LogP) is 3.65. The van der Waals surface area contributed by atoms with Crippen LogP contribution in [0.1, 0.15) is 39.0 Å². The van der Waals surface area contributed by atoms with Gasteiger partial charge in [0.05, 0.1) is 5.56 Å². The summed E-state index contributed by atoms with van der Waals surface area (Å²) in [7, 11) is 0. The molecule has 0 radical (unpaired) electrons. The van der Waals surface area contributed by atoms with E-state index in [2.05, 4.69) is 22.5 Å². The van der Waals surface area contributed by atoms with Gasteiger partial charge in [-0.25, -0.2) is 4.98 Å². The highest BCUT2D eigenvalue weighted by atomic mass is 16.6. The Morgan fingerprint density at radius 1 is 1.07 bits per heavy atom. The van der Waals surface area contributed by atoms with E-state index in [9.17, 15) is 0 Å². The molecule has 1 saturated heterocycles. The molecule has 0 amide bonds. The minimum atomic E-state index is 0.124. The Morgan fingerprint density at radius 2 is 1.90 bits per heavy atom. The van der Waals surface area contributed by atoms with Gasteiger partial charge < -0.3 is 24.8 Å². The van der Waals surface area contributed by atoms with E-state index in [-0.39, 0.29) is 6.10 Å². The van der Waals surface area contributed by atoms with Crippen LogP contribution in [-0.2, 0) is 0 Å². The van der Waals surface area contributed by atoms with E-state index in [1.807, 2.05) is 24.4 Å². The highest BCUT2D eigenvalue weighted by molar-refractivity contribution is 5.71. The van der Waals surface area contributed by atoms with Gasteiger partial charge in [-0.1, -0.05) is 13.0 Å². The summed E-state index contributed by atoms with van der Waals surface area (Å²) < 4.78 is 17.7. The van der Waals surface area contributed by atoms with Crippen molar-refractivity contribution in [3.63, 3.8) is 0 Å². The average molecular weight is 411 g/mol. The molecular weight excluding hydrogens is 380 g/mol. The van der Waals surface area contributed by atoms with Crippen molar-refractivity contribution in [3.8, 4) is 28.5 Å². The Labute approximate surface area is 177 Å². The molecule has 1 unspecified atom stereocenters. The lowest BCUT2D eigenvalue weighted by Crippen LogP contribution is -2.26. The van der Waals surface area contributed by atoms with Gasteiger partial charge in [-0.05, 0) is 62.3 Å². The molecule has 2 N–H and O–H groups in total. The van der Waals surface area contributed by atoms with Crippen LogP contribution in [0.3, 0.4) is 0 Å². The molecule has 3 aliphatic rings. The van der Waals surface area contributed by atoms with E-state index in [1.54, 1.807) is 0 Å². The maximum atomic E-state index is 6.33. The summed E-state index contributed by atoms with van der Waals surface area (Å²) >= 11 is 0. The topological polar surface area (TPSA) is 77.5 Å². The maximum Gasteiger partial charge on any atom is 0.226 e. The van der Waals surface area contributed by atoms with E-state index >= 15 is 0 Å². The third-order valence-electron chi connectivity index (χ3n) is 6.25. The van der Waals surface area contributed by atoms with Crippen LogP contribution in [0, 0.1) is 5.92 Å². The van der Waals surface area contributed by atoms with Gasteiger partial charge in [-0.2, -0.15) is 4.98 Å². The van der Waals surface area contributed by atoms with Gasteiger partial charge in [-0.3, -0.25) is 0 Å². The van der Waals surface area contributed by atoms with Gasteiger partial charge in [0.25, 0.3) is 0 Å². The first-order chi connectivity index (χ1) is 14.7. The van der Waals surface area contributed by atoms with Crippen molar-refractivity contribution in [1.82, 2.24) is 15.3 Å². The molecule has 1 saturated carbocycles. The predicted molar refractivity (Wildman–Crippen MR) is 115 cm³/mol. The standard InChI is InChI=1S/C23H30N4O3/c1-15-2-5-17(6-3-15)26-23-25-14-19(22(27-23)30-18-8-9-24-13-18)16-4-7-20-21(12-16)29-11-10-28-20/h4,7,12,14-15,17-18,24H,2-3,5-6,8-11,13H2,1H3,(H,25,26,27)/t15-,17+,18?. The summed E-state index contributed by atoms with van der Waals surface area (Å²) in [5.41, 5.74) is 1.85. The zero-order valence-electron chi connectivity index (χ0n) is 17.5. The fraction of sp³-hybridized carbons (Fsp3) is 0.565. The van der Waals surface area contributed by atoms with Gasteiger partial charge in [0.15, 0.2) is 11.5 Å². The summed E-state index contributed by atoms with van der Waals surface area (Å²) in [6, 6.07) is 6.38. The zero-order chi connectivity index (χ0) is 20.3. The number of rotatable bonds is 5. The summed E-state index contributed by atoms with van der Waals surface area (Å²) in [5, 5.41) is 6.89. The van der Waals surface area contributed by atoms with Crippen LogP contribution in [-0.4, -0.2) is 48.4 Å². The molecule has 0 bridgehead atoms. The first-order valence-corrected chi connectivity index (χ1v) is 11.2. The van der Waals surface area contributed by atoms with Crippen LogP contribution in [0.15, 0.2) is 24.4 Å². The summed E-state index contributed by atoms with van der Waals surface area (Å²) in [4.78, 5) is 9.42. The molecule has 1 aromatic carbocycles. The normalized spacial score (nSPS) is 25.7. The van der Waals surface area contributed by atoms with Crippen molar-refractivity contribution in [1.29, 1.82) is 0 Å². The number of hydrogen-bond acceptors (Lipinski definition) is 7. The number of nitrogens with one attached hydrogen (secondary N) is 2. The second kappa shape index (κ2) is 8.68. The van der Waals surface area contributed by atoms with E-state index < -0.39 is 0 Å². The first kappa shape index (κ1) is 19.4. The van der Waals surface area contributed by atoms with E-state index in [1.165, 1.54) is 12.8 Å². The number of ether oxygens (including phenoxy) is 3. The smallest absolute Gasteiger partial charge is 0.226 e. The Kier molecular flexibility index (Phi) is 5.62. The third kappa shape index (κ3) is 4.31. The number of nitrogens with zero attached hydrogens (tertiary/aromatic N) is 2. The molecule has 1 aromatic heterocycles. The molecule has 1 aliphatic carbocycles. The fourth-order valence-electron chi connectivity index (χ4n) is 4.41. The van der Waals surface area contributed by atoms with Gasteiger partial charge in [0.2, 0.25) is 11.8 Å². The molecular formula is C23H30N4O3. The lowest BCUT2D eigenvalue weighted by molar-refractivity contribution is 0.171. The van der Waals surface area contributed by atoms with Gasteiger partial charge in [0, 0.05) is 18.8 Å². The summed E-state index contributed by atoms with van der Waals surface area (Å²) in [5.74, 6) is 3.62. The number of fused-ring (bicyclic) bond motifs is 1. The highest BCUT2D eigenvalue weighted by Crippen LogP contribution is 2.38. The molecule has 2 aromatic rings. The highest BCUT2D eigenvalue weighted by Gasteiger charge is 2.23. The average Bonchev–Trinajstić information content (AvgIpc) is 3.28. The van der Waals surface area contributed by atoms with Crippen molar-refractivity contribution in [2.24, 2.45) is 5.92 Å². The van der Waals surface area contributed by atoms with Crippen LogP contribution in [0.2, 0.25) is 0 Å². The molecule has 1 atom stereocenters. The molecule has 7 nitrogen and oxygen atoms in total. The molecule has 2 fully saturated rings.